The minimum absolute atomic E-state index is 0.0736. The zero-order chi connectivity index (χ0) is 15.5. The van der Waals surface area contributed by atoms with E-state index in [1.807, 2.05) is 26.8 Å². The predicted octanol–water partition coefficient (Wildman–Crippen LogP) is 2.46. The number of piperidine rings is 1. The zero-order valence-corrected chi connectivity index (χ0v) is 14.0. The first kappa shape index (κ1) is 16.5. The predicted molar refractivity (Wildman–Crippen MR) is 86.0 cm³/mol. The lowest BCUT2D eigenvalue weighted by molar-refractivity contribution is 0.266. The number of hydrogen-bond acceptors (Lipinski definition) is 3. The Labute approximate surface area is 128 Å². The molecular weight excluding hydrogens is 284 g/mol. The van der Waals surface area contributed by atoms with Crippen molar-refractivity contribution in [2.24, 2.45) is 0 Å². The third-order valence-electron chi connectivity index (χ3n) is 3.92. The van der Waals surface area contributed by atoms with Gasteiger partial charge in [-0.3, -0.25) is 0 Å². The van der Waals surface area contributed by atoms with E-state index in [1.54, 1.807) is 16.4 Å². The van der Waals surface area contributed by atoms with Crippen molar-refractivity contribution in [2.75, 3.05) is 19.6 Å². The normalized spacial score (nSPS) is 19.9. The minimum Gasteiger partial charge on any atom is -0.315 e. The SMILES string of the molecule is CCCN(C1CCCNC1)S(=O)(=O)c1cc(C)cc(C)c1. The van der Waals surface area contributed by atoms with Crippen LogP contribution in [-0.4, -0.2) is 38.4 Å². The van der Waals surface area contributed by atoms with Crippen molar-refractivity contribution in [3.8, 4) is 0 Å². The number of benzene rings is 1. The van der Waals surface area contributed by atoms with Gasteiger partial charge in [-0.2, -0.15) is 4.31 Å². The van der Waals surface area contributed by atoms with Gasteiger partial charge in [-0.1, -0.05) is 13.0 Å². The molecule has 0 aromatic heterocycles. The third-order valence-corrected chi connectivity index (χ3v) is 5.85. The molecule has 1 unspecified atom stereocenters. The number of rotatable bonds is 5. The van der Waals surface area contributed by atoms with E-state index in [0.717, 1.165) is 43.5 Å². The van der Waals surface area contributed by atoms with E-state index in [1.165, 1.54) is 0 Å². The first-order chi connectivity index (χ1) is 9.95. The van der Waals surface area contributed by atoms with Gasteiger partial charge in [0.15, 0.2) is 0 Å². The molecule has 2 rings (SSSR count). The van der Waals surface area contributed by atoms with Gasteiger partial charge in [-0.15, -0.1) is 0 Å². The molecule has 1 atom stereocenters. The first-order valence-electron chi connectivity index (χ1n) is 7.76. The van der Waals surface area contributed by atoms with Crippen molar-refractivity contribution in [2.45, 2.75) is 51.0 Å². The smallest absolute Gasteiger partial charge is 0.243 e. The highest BCUT2D eigenvalue weighted by Gasteiger charge is 2.31. The summed E-state index contributed by atoms with van der Waals surface area (Å²) in [6, 6.07) is 5.64. The quantitative estimate of drug-likeness (QED) is 0.909. The van der Waals surface area contributed by atoms with E-state index in [2.05, 4.69) is 5.32 Å². The van der Waals surface area contributed by atoms with Crippen LogP contribution in [0.5, 0.6) is 0 Å². The Kier molecular flexibility index (Phi) is 5.41. The second-order valence-electron chi connectivity index (χ2n) is 5.94. The van der Waals surface area contributed by atoms with Crippen LogP contribution in [0.2, 0.25) is 0 Å². The standard InChI is InChI=1S/C16H26N2O2S/c1-4-8-18(15-6-5-7-17-12-15)21(19,20)16-10-13(2)9-14(3)11-16/h9-11,15,17H,4-8,12H2,1-3H3. The summed E-state index contributed by atoms with van der Waals surface area (Å²) in [6.45, 7) is 8.24. The van der Waals surface area contributed by atoms with Crippen LogP contribution in [0.1, 0.15) is 37.3 Å². The number of nitrogens with zero attached hydrogens (tertiary/aromatic N) is 1. The lowest BCUT2D eigenvalue weighted by Crippen LogP contribution is -2.48. The number of aryl methyl sites for hydroxylation is 2. The van der Waals surface area contributed by atoms with E-state index in [0.29, 0.717) is 11.4 Å². The second-order valence-corrected chi connectivity index (χ2v) is 7.83. The van der Waals surface area contributed by atoms with Gasteiger partial charge in [0, 0.05) is 19.1 Å². The fraction of sp³-hybridized carbons (Fsp3) is 0.625. The second kappa shape index (κ2) is 6.90. The van der Waals surface area contributed by atoms with Crippen molar-refractivity contribution in [1.82, 2.24) is 9.62 Å². The summed E-state index contributed by atoms with van der Waals surface area (Å²) < 4.78 is 27.8. The van der Waals surface area contributed by atoms with Crippen molar-refractivity contribution < 1.29 is 8.42 Å². The maximum atomic E-state index is 13.0. The number of sulfonamides is 1. The van der Waals surface area contributed by atoms with Crippen LogP contribution in [0.3, 0.4) is 0 Å². The highest BCUT2D eigenvalue weighted by atomic mass is 32.2. The molecule has 0 saturated carbocycles. The Balaban J connectivity index is 2.36. The van der Waals surface area contributed by atoms with Crippen molar-refractivity contribution in [1.29, 1.82) is 0 Å². The molecule has 0 amide bonds. The van der Waals surface area contributed by atoms with E-state index in [9.17, 15) is 8.42 Å². The van der Waals surface area contributed by atoms with E-state index in [-0.39, 0.29) is 6.04 Å². The average molecular weight is 310 g/mol. The highest BCUT2D eigenvalue weighted by molar-refractivity contribution is 7.89. The van der Waals surface area contributed by atoms with Gasteiger partial charge in [-0.25, -0.2) is 8.42 Å². The molecule has 1 aliphatic heterocycles. The lowest BCUT2D eigenvalue weighted by Gasteiger charge is -2.33. The van der Waals surface area contributed by atoms with Crippen molar-refractivity contribution >= 4 is 10.0 Å². The lowest BCUT2D eigenvalue weighted by atomic mass is 10.1. The molecule has 1 aromatic rings. The Morgan fingerprint density at radius 3 is 2.43 bits per heavy atom. The molecule has 4 nitrogen and oxygen atoms in total. The summed E-state index contributed by atoms with van der Waals surface area (Å²) in [5, 5.41) is 3.31. The molecule has 0 radical (unpaired) electrons. The van der Waals surface area contributed by atoms with Crippen molar-refractivity contribution in [3.05, 3.63) is 29.3 Å². The van der Waals surface area contributed by atoms with Gasteiger partial charge >= 0.3 is 0 Å². The number of nitrogens with one attached hydrogen (secondary N) is 1. The van der Waals surface area contributed by atoms with Crippen molar-refractivity contribution in [3.63, 3.8) is 0 Å². The molecule has 1 N–H and O–H groups in total. The monoisotopic (exact) mass is 310 g/mol. The molecular formula is C16H26N2O2S. The Bertz CT molecular complexity index is 558. The largest absolute Gasteiger partial charge is 0.315 e. The average Bonchev–Trinajstić information content (AvgIpc) is 2.44. The molecule has 1 aliphatic rings. The molecule has 1 fully saturated rings. The summed E-state index contributed by atoms with van der Waals surface area (Å²) in [5.41, 5.74) is 1.98. The van der Waals surface area contributed by atoms with Crippen LogP contribution < -0.4 is 5.32 Å². The van der Waals surface area contributed by atoms with Gasteiger partial charge in [0.05, 0.1) is 4.90 Å². The highest BCUT2D eigenvalue weighted by Crippen LogP contribution is 2.23. The zero-order valence-electron chi connectivity index (χ0n) is 13.2. The topological polar surface area (TPSA) is 49.4 Å². The maximum Gasteiger partial charge on any atom is 0.243 e. The molecule has 0 spiro atoms. The third kappa shape index (κ3) is 3.84. The van der Waals surface area contributed by atoms with Gasteiger partial charge < -0.3 is 5.32 Å². The van der Waals surface area contributed by atoms with E-state index in [4.69, 9.17) is 0 Å². The summed E-state index contributed by atoms with van der Waals surface area (Å²) in [4.78, 5) is 0.430. The summed E-state index contributed by atoms with van der Waals surface area (Å²) in [5.74, 6) is 0. The Morgan fingerprint density at radius 2 is 1.90 bits per heavy atom. The van der Waals surface area contributed by atoms with E-state index < -0.39 is 10.0 Å². The summed E-state index contributed by atoms with van der Waals surface area (Å²) in [6.07, 6.45) is 2.81. The summed E-state index contributed by atoms with van der Waals surface area (Å²) in [7, 11) is -3.41. The fourth-order valence-corrected chi connectivity index (χ4v) is 4.95. The molecule has 21 heavy (non-hydrogen) atoms. The first-order valence-corrected chi connectivity index (χ1v) is 9.20. The van der Waals surface area contributed by atoms with Gasteiger partial charge in [0.1, 0.15) is 0 Å². The van der Waals surface area contributed by atoms with E-state index >= 15 is 0 Å². The number of hydrogen-bond donors (Lipinski definition) is 1. The molecule has 1 saturated heterocycles. The van der Waals surface area contributed by atoms with Crippen LogP contribution in [0.4, 0.5) is 0 Å². The van der Waals surface area contributed by atoms with Gasteiger partial charge in [0.25, 0.3) is 0 Å². The Hall–Kier alpha value is -0.910. The summed E-state index contributed by atoms with van der Waals surface area (Å²) >= 11 is 0. The molecule has 1 aromatic carbocycles. The fourth-order valence-electron chi connectivity index (χ4n) is 3.02. The Morgan fingerprint density at radius 1 is 1.24 bits per heavy atom. The van der Waals surface area contributed by atoms with Crippen LogP contribution in [-0.2, 0) is 10.0 Å². The van der Waals surface area contributed by atoms with Crippen LogP contribution >= 0.6 is 0 Å². The van der Waals surface area contributed by atoms with Gasteiger partial charge in [-0.05, 0) is 62.9 Å². The molecule has 1 heterocycles. The molecule has 118 valence electrons. The van der Waals surface area contributed by atoms with Crippen LogP contribution in [0, 0.1) is 13.8 Å². The molecule has 0 bridgehead atoms. The molecule has 5 heteroatoms. The molecule has 0 aliphatic carbocycles. The maximum absolute atomic E-state index is 13.0. The minimum atomic E-state index is -3.41. The van der Waals surface area contributed by atoms with Crippen LogP contribution in [0.15, 0.2) is 23.1 Å². The van der Waals surface area contributed by atoms with Crippen LogP contribution in [0.25, 0.3) is 0 Å². The van der Waals surface area contributed by atoms with Gasteiger partial charge in [0.2, 0.25) is 10.0 Å².